The van der Waals surface area contributed by atoms with Gasteiger partial charge in [-0.25, -0.2) is 4.39 Å². The molecular weight excluding hydrogens is 269 g/mol. The second-order valence-corrected chi connectivity index (χ2v) is 4.71. The smallest absolute Gasteiger partial charge is 0.187 e. The van der Waals surface area contributed by atoms with Crippen LogP contribution in [0.5, 0.6) is 0 Å². The Labute approximate surface area is 121 Å². The summed E-state index contributed by atoms with van der Waals surface area (Å²) in [7, 11) is 0. The van der Waals surface area contributed by atoms with E-state index in [1.165, 1.54) is 17.7 Å². The van der Waals surface area contributed by atoms with Crippen LogP contribution in [0.3, 0.4) is 0 Å². The van der Waals surface area contributed by atoms with E-state index in [4.69, 9.17) is 5.73 Å². The van der Waals surface area contributed by atoms with Gasteiger partial charge < -0.3 is 5.73 Å². The van der Waals surface area contributed by atoms with E-state index in [9.17, 15) is 4.39 Å². The number of aryl methyl sites for hydroxylation is 1. The van der Waals surface area contributed by atoms with Crippen LogP contribution in [-0.2, 0) is 6.42 Å². The molecule has 2 N–H and O–H groups in total. The molecule has 0 fully saturated rings. The fraction of sp³-hybridized carbons (Fsp3) is 0.133. The molecule has 1 heterocycles. The summed E-state index contributed by atoms with van der Waals surface area (Å²) in [5.74, 6) is 0.0336. The number of nitrogens with zero attached hydrogens (tertiary/aromatic N) is 4. The molecular formula is C15H14FN5. The molecule has 0 saturated heterocycles. The molecule has 0 bridgehead atoms. The summed E-state index contributed by atoms with van der Waals surface area (Å²) in [6, 6.07) is 12.2. The maximum absolute atomic E-state index is 13.5. The Morgan fingerprint density at radius 1 is 1.14 bits per heavy atom. The van der Waals surface area contributed by atoms with E-state index in [0.29, 0.717) is 17.1 Å². The molecule has 0 saturated carbocycles. The fourth-order valence-corrected chi connectivity index (χ4v) is 2.16. The molecule has 0 aliphatic rings. The van der Waals surface area contributed by atoms with E-state index in [-0.39, 0.29) is 0 Å². The topological polar surface area (TPSA) is 69.6 Å². The zero-order valence-corrected chi connectivity index (χ0v) is 11.5. The molecule has 0 aliphatic carbocycles. The number of nitrogen functional groups attached to an aromatic ring is 1. The lowest BCUT2D eigenvalue weighted by atomic mass is 10.1. The molecule has 1 aromatic heterocycles. The van der Waals surface area contributed by atoms with Gasteiger partial charge in [-0.1, -0.05) is 19.1 Å². The highest BCUT2D eigenvalue weighted by Crippen LogP contribution is 2.23. The van der Waals surface area contributed by atoms with Crippen molar-refractivity contribution in [2.75, 3.05) is 5.73 Å². The maximum atomic E-state index is 13.5. The lowest BCUT2D eigenvalue weighted by molar-refractivity contribution is 0.628. The van der Waals surface area contributed by atoms with Crippen molar-refractivity contribution in [3.8, 4) is 17.1 Å². The summed E-state index contributed by atoms with van der Waals surface area (Å²) in [5.41, 5.74) is 8.59. The predicted octanol–water partition coefficient (Wildman–Crippen LogP) is 2.61. The zero-order valence-electron chi connectivity index (χ0n) is 11.5. The summed E-state index contributed by atoms with van der Waals surface area (Å²) in [5, 5.41) is 11.6. The number of anilines is 1. The van der Waals surface area contributed by atoms with Gasteiger partial charge in [0.05, 0.1) is 5.69 Å². The number of benzene rings is 2. The summed E-state index contributed by atoms with van der Waals surface area (Å²) in [6.45, 7) is 2.09. The van der Waals surface area contributed by atoms with Crippen LogP contribution in [0.25, 0.3) is 17.1 Å². The number of hydrogen-bond donors (Lipinski definition) is 1. The molecule has 0 unspecified atom stereocenters. The molecule has 0 aliphatic heterocycles. The van der Waals surface area contributed by atoms with E-state index < -0.39 is 5.82 Å². The van der Waals surface area contributed by atoms with E-state index in [1.807, 2.05) is 24.3 Å². The quantitative estimate of drug-likeness (QED) is 0.750. The molecule has 2 aromatic carbocycles. The van der Waals surface area contributed by atoms with Crippen LogP contribution in [0.15, 0.2) is 42.5 Å². The van der Waals surface area contributed by atoms with Gasteiger partial charge in [-0.3, -0.25) is 0 Å². The molecule has 3 aromatic rings. The Balaban J connectivity index is 2.07. The van der Waals surface area contributed by atoms with Crippen molar-refractivity contribution in [2.24, 2.45) is 0 Å². The van der Waals surface area contributed by atoms with Crippen molar-refractivity contribution in [2.45, 2.75) is 13.3 Å². The van der Waals surface area contributed by atoms with Crippen molar-refractivity contribution in [3.63, 3.8) is 0 Å². The largest absolute Gasteiger partial charge is 0.399 e. The minimum absolute atomic E-state index is 0.334. The van der Waals surface area contributed by atoms with Crippen molar-refractivity contribution in [1.82, 2.24) is 20.2 Å². The van der Waals surface area contributed by atoms with E-state index in [2.05, 4.69) is 22.4 Å². The van der Waals surface area contributed by atoms with Gasteiger partial charge in [0.1, 0.15) is 5.82 Å². The number of nitrogens with two attached hydrogens (primary N) is 1. The minimum Gasteiger partial charge on any atom is -0.399 e. The zero-order chi connectivity index (χ0) is 14.8. The standard InChI is InChI=1S/C15H14FN5/c1-2-10-3-5-14(6-4-10)21-15(18-19-20-21)11-7-12(16)9-13(17)8-11/h3-9H,2,17H2,1H3. The second-order valence-electron chi connectivity index (χ2n) is 4.71. The predicted molar refractivity (Wildman–Crippen MR) is 78.3 cm³/mol. The van der Waals surface area contributed by atoms with Gasteiger partial charge in [0.25, 0.3) is 0 Å². The van der Waals surface area contributed by atoms with Gasteiger partial charge >= 0.3 is 0 Å². The van der Waals surface area contributed by atoms with Crippen LogP contribution >= 0.6 is 0 Å². The van der Waals surface area contributed by atoms with Crippen LogP contribution in [0, 0.1) is 5.82 Å². The number of rotatable bonds is 3. The van der Waals surface area contributed by atoms with Crippen LogP contribution in [0.2, 0.25) is 0 Å². The Morgan fingerprint density at radius 3 is 2.57 bits per heavy atom. The minimum atomic E-state index is -0.416. The van der Waals surface area contributed by atoms with Crippen molar-refractivity contribution in [3.05, 3.63) is 53.8 Å². The molecule has 0 radical (unpaired) electrons. The first kappa shape index (κ1) is 13.2. The van der Waals surface area contributed by atoms with Crippen LogP contribution in [-0.4, -0.2) is 20.2 Å². The first-order valence-corrected chi connectivity index (χ1v) is 6.61. The first-order valence-electron chi connectivity index (χ1n) is 6.61. The summed E-state index contributed by atoms with van der Waals surface area (Å²) in [6.07, 6.45) is 0.961. The van der Waals surface area contributed by atoms with Crippen molar-refractivity contribution in [1.29, 1.82) is 0 Å². The lowest BCUT2D eigenvalue weighted by Crippen LogP contribution is -2.01. The molecule has 6 heteroatoms. The average Bonchev–Trinajstić information content (AvgIpc) is 2.96. The van der Waals surface area contributed by atoms with Crippen LogP contribution in [0.1, 0.15) is 12.5 Å². The number of aromatic nitrogens is 4. The Bertz CT molecular complexity index is 744. The van der Waals surface area contributed by atoms with E-state index in [1.54, 1.807) is 10.7 Å². The molecule has 106 valence electrons. The van der Waals surface area contributed by atoms with Crippen molar-refractivity contribution >= 4 is 5.69 Å². The second kappa shape index (κ2) is 5.32. The van der Waals surface area contributed by atoms with Crippen molar-refractivity contribution < 1.29 is 4.39 Å². The van der Waals surface area contributed by atoms with Gasteiger partial charge in [-0.15, -0.1) is 5.10 Å². The molecule has 21 heavy (non-hydrogen) atoms. The Hall–Kier alpha value is -2.76. The molecule has 0 amide bonds. The fourth-order valence-electron chi connectivity index (χ4n) is 2.16. The number of halogens is 1. The highest BCUT2D eigenvalue weighted by molar-refractivity contribution is 5.62. The molecule has 5 nitrogen and oxygen atoms in total. The average molecular weight is 283 g/mol. The highest BCUT2D eigenvalue weighted by Gasteiger charge is 2.12. The number of tetrazole rings is 1. The normalized spacial score (nSPS) is 10.8. The van der Waals surface area contributed by atoms with Gasteiger partial charge in [0, 0.05) is 11.3 Å². The van der Waals surface area contributed by atoms with Gasteiger partial charge in [-0.05, 0) is 52.7 Å². The first-order chi connectivity index (χ1) is 10.2. The monoisotopic (exact) mass is 283 g/mol. The van der Waals surface area contributed by atoms with Crippen LogP contribution in [0.4, 0.5) is 10.1 Å². The van der Waals surface area contributed by atoms with E-state index in [0.717, 1.165) is 12.1 Å². The Kier molecular flexibility index (Phi) is 3.35. The molecule has 0 atom stereocenters. The third kappa shape index (κ3) is 2.60. The van der Waals surface area contributed by atoms with Crippen LogP contribution < -0.4 is 5.73 Å². The number of hydrogen-bond acceptors (Lipinski definition) is 4. The van der Waals surface area contributed by atoms with Gasteiger partial charge in [0.15, 0.2) is 5.82 Å². The molecule has 3 rings (SSSR count). The highest BCUT2D eigenvalue weighted by atomic mass is 19.1. The summed E-state index contributed by atoms with van der Waals surface area (Å²) >= 11 is 0. The lowest BCUT2D eigenvalue weighted by Gasteiger charge is -2.06. The van der Waals surface area contributed by atoms with Gasteiger partial charge in [0.2, 0.25) is 0 Å². The third-order valence-electron chi connectivity index (χ3n) is 3.24. The SMILES string of the molecule is CCc1ccc(-n2nnnc2-c2cc(N)cc(F)c2)cc1. The van der Waals surface area contributed by atoms with Gasteiger partial charge in [-0.2, -0.15) is 4.68 Å². The maximum Gasteiger partial charge on any atom is 0.187 e. The summed E-state index contributed by atoms with van der Waals surface area (Å²) < 4.78 is 15.1. The third-order valence-corrected chi connectivity index (χ3v) is 3.24. The Morgan fingerprint density at radius 2 is 1.90 bits per heavy atom. The van der Waals surface area contributed by atoms with E-state index >= 15 is 0 Å². The summed E-state index contributed by atoms with van der Waals surface area (Å²) in [4.78, 5) is 0. The molecule has 0 spiro atoms.